The molecule has 1 aromatic rings. The molecule has 1 amide bonds. The van der Waals surface area contributed by atoms with E-state index in [1.54, 1.807) is 24.1 Å². The summed E-state index contributed by atoms with van der Waals surface area (Å²) >= 11 is 5.68. The maximum atomic E-state index is 12.1. The van der Waals surface area contributed by atoms with E-state index in [1.165, 1.54) is 6.20 Å². The first-order chi connectivity index (χ1) is 8.58. The molecule has 18 heavy (non-hydrogen) atoms. The Bertz CT molecular complexity index is 422. The van der Waals surface area contributed by atoms with Crippen molar-refractivity contribution in [1.82, 2.24) is 9.88 Å². The van der Waals surface area contributed by atoms with Crippen molar-refractivity contribution < 1.29 is 9.90 Å². The van der Waals surface area contributed by atoms with Crippen molar-refractivity contribution >= 4 is 17.5 Å². The number of rotatable bonds is 3. The van der Waals surface area contributed by atoms with E-state index in [0.717, 1.165) is 19.3 Å². The molecule has 0 aliphatic heterocycles. The van der Waals surface area contributed by atoms with Crippen LogP contribution in [0.3, 0.4) is 0 Å². The quantitative estimate of drug-likeness (QED) is 0.853. The van der Waals surface area contributed by atoms with Crippen molar-refractivity contribution in [3.63, 3.8) is 0 Å². The van der Waals surface area contributed by atoms with Gasteiger partial charge in [-0.1, -0.05) is 18.0 Å². The van der Waals surface area contributed by atoms with Crippen LogP contribution in [0.5, 0.6) is 0 Å². The Morgan fingerprint density at radius 2 is 2.33 bits per heavy atom. The van der Waals surface area contributed by atoms with Gasteiger partial charge in [0.15, 0.2) is 0 Å². The second-order valence-electron chi connectivity index (χ2n) is 4.81. The maximum Gasteiger partial charge on any atom is 0.255 e. The molecule has 1 fully saturated rings. The number of nitrogens with zero attached hydrogens (tertiary/aromatic N) is 2. The Morgan fingerprint density at radius 3 is 2.89 bits per heavy atom. The van der Waals surface area contributed by atoms with Gasteiger partial charge < -0.3 is 10.0 Å². The van der Waals surface area contributed by atoms with Gasteiger partial charge in [0, 0.05) is 25.7 Å². The van der Waals surface area contributed by atoms with Crippen molar-refractivity contribution in [2.24, 2.45) is 5.92 Å². The highest BCUT2D eigenvalue weighted by Crippen LogP contribution is 2.26. The van der Waals surface area contributed by atoms with Crippen molar-refractivity contribution in [3.8, 4) is 0 Å². The molecule has 98 valence electrons. The topological polar surface area (TPSA) is 53.4 Å². The number of amides is 1. The molecule has 1 saturated carbocycles. The fraction of sp³-hybridized carbons (Fsp3) is 0.538. The molecule has 0 spiro atoms. The van der Waals surface area contributed by atoms with E-state index in [-0.39, 0.29) is 17.9 Å². The number of hydrogen-bond donors (Lipinski definition) is 1. The van der Waals surface area contributed by atoms with Gasteiger partial charge in [0.25, 0.3) is 5.91 Å². The normalized spacial score (nSPS) is 23.1. The molecule has 1 aromatic heterocycles. The highest BCUT2D eigenvalue weighted by molar-refractivity contribution is 6.29. The molecule has 1 heterocycles. The van der Waals surface area contributed by atoms with E-state index in [1.807, 2.05) is 0 Å². The molecular weight excluding hydrogens is 252 g/mol. The van der Waals surface area contributed by atoms with Crippen LogP contribution in [-0.2, 0) is 0 Å². The first-order valence-corrected chi connectivity index (χ1v) is 6.51. The summed E-state index contributed by atoms with van der Waals surface area (Å²) in [6.45, 7) is 0.586. The molecule has 0 aromatic carbocycles. The number of pyridine rings is 1. The number of carbonyl (C=O) groups excluding carboxylic acids is 1. The van der Waals surface area contributed by atoms with E-state index < -0.39 is 0 Å². The predicted molar refractivity (Wildman–Crippen MR) is 69.6 cm³/mol. The summed E-state index contributed by atoms with van der Waals surface area (Å²) in [5, 5.41) is 10.1. The first-order valence-electron chi connectivity index (χ1n) is 6.13. The van der Waals surface area contributed by atoms with Crippen LogP contribution in [0.4, 0.5) is 0 Å². The van der Waals surface area contributed by atoms with Gasteiger partial charge in [-0.15, -0.1) is 0 Å². The van der Waals surface area contributed by atoms with Gasteiger partial charge in [-0.05, 0) is 25.0 Å². The van der Waals surface area contributed by atoms with Gasteiger partial charge in [0.05, 0.1) is 11.7 Å². The Morgan fingerprint density at radius 1 is 1.56 bits per heavy atom. The van der Waals surface area contributed by atoms with E-state index >= 15 is 0 Å². The molecule has 0 saturated heterocycles. The molecule has 0 bridgehead atoms. The summed E-state index contributed by atoms with van der Waals surface area (Å²) in [7, 11) is 1.75. The second-order valence-corrected chi connectivity index (χ2v) is 5.20. The van der Waals surface area contributed by atoms with Crippen LogP contribution in [0.1, 0.15) is 29.6 Å². The van der Waals surface area contributed by atoms with Crippen LogP contribution in [0.2, 0.25) is 5.15 Å². The lowest BCUT2D eigenvalue weighted by Gasteiger charge is -2.23. The monoisotopic (exact) mass is 268 g/mol. The Kier molecular flexibility index (Phi) is 4.19. The largest absolute Gasteiger partial charge is 0.393 e. The van der Waals surface area contributed by atoms with Crippen LogP contribution in [0.25, 0.3) is 0 Å². The van der Waals surface area contributed by atoms with Crippen LogP contribution in [0.15, 0.2) is 18.3 Å². The summed E-state index contributed by atoms with van der Waals surface area (Å²) in [4.78, 5) is 17.7. The number of aliphatic hydroxyl groups is 1. The molecule has 4 nitrogen and oxygen atoms in total. The number of hydrogen-bond acceptors (Lipinski definition) is 3. The third-order valence-corrected chi connectivity index (χ3v) is 3.67. The molecule has 1 aliphatic carbocycles. The van der Waals surface area contributed by atoms with Crippen molar-refractivity contribution in [3.05, 3.63) is 29.0 Å². The zero-order chi connectivity index (χ0) is 13.1. The van der Waals surface area contributed by atoms with Gasteiger partial charge >= 0.3 is 0 Å². The Balaban J connectivity index is 1.98. The number of carbonyl (C=O) groups is 1. The fourth-order valence-corrected chi connectivity index (χ4v) is 2.50. The van der Waals surface area contributed by atoms with E-state index in [4.69, 9.17) is 11.6 Å². The Hall–Kier alpha value is -1.13. The third-order valence-electron chi connectivity index (χ3n) is 3.45. The predicted octanol–water partition coefficient (Wildman–Crippen LogP) is 1.97. The van der Waals surface area contributed by atoms with Crippen LogP contribution in [-0.4, -0.2) is 40.6 Å². The third kappa shape index (κ3) is 3.00. The van der Waals surface area contributed by atoms with Gasteiger partial charge in [-0.25, -0.2) is 4.98 Å². The van der Waals surface area contributed by atoms with E-state index in [0.29, 0.717) is 17.3 Å². The first kappa shape index (κ1) is 13.3. The van der Waals surface area contributed by atoms with Crippen molar-refractivity contribution in [2.75, 3.05) is 13.6 Å². The molecule has 5 heteroatoms. The van der Waals surface area contributed by atoms with Crippen molar-refractivity contribution in [2.45, 2.75) is 25.4 Å². The fourth-order valence-electron chi connectivity index (χ4n) is 2.39. The molecule has 2 atom stereocenters. The lowest BCUT2D eigenvalue weighted by Crippen LogP contribution is -2.34. The van der Waals surface area contributed by atoms with E-state index in [9.17, 15) is 9.90 Å². The van der Waals surface area contributed by atoms with E-state index in [2.05, 4.69) is 4.98 Å². The zero-order valence-electron chi connectivity index (χ0n) is 10.3. The average molecular weight is 269 g/mol. The van der Waals surface area contributed by atoms with Gasteiger partial charge in [0.1, 0.15) is 5.15 Å². The van der Waals surface area contributed by atoms with Gasteiger partial charge in [-0.2, -0.15) is 0 Å². The minimum Gasteiger partial charge on any atom is -0.393 e. The zero-order valence-corrected chi connectivity index (χ0v) is 11.1. The van der Waals surface area contributed by atoms with Gasteiger partial charge in [0.2, 0.25) is 0 Å². The number of aliphatic hydroxyl groups excluding tert-OH is 1. The van der Waals surface area contributed by atoms with Crippen LogP contribution < -0.4 is 0 Å². The molecular formula is C13H17ClN2O2. The average Bonchev–Trinajstić information content (AvgIpc) is 2.75. The summed E-state index contributed by atoms with van der Waals surface area (Å²) in [6.07, 6.45) is 4.07. The molecule has 2 rings (SSSR count). The molecule has 2 unspecified atom stereocenters. The Labute approximate surface area is 112 Å². The lowest BCUT2D eigenvalue weighted by molar-refractivity contribution is 0.0693. The van der Waals surface area contributed by atoms with Crippen LogP contribution in [0, 0.1) is 5.92 Å². The summed E-state index contributed by atoms with van der Waals surface area (Å²) < 4.78 is 0. The van der Waals surface area contributed by atoms with Crippen LogP contribution >= 0.6 is 11.6 Å². The van der Waals surface area contributed by atoms with Gasteiger partial charge in [-0.3, -0.25) is 4.79 Å². The molecule has 1 N–H and O–H groups in total. The number of aromatic nitrogens is 1. The summed E-state index contributed by atoms with van der Waals surface area (Å²) in [5.41, 5.74) is 0.523. The standard InChI is InChI=1S/C13H17ClN2O2/c1-16(8-10-3-2-4-11(10)17)13(18)9-5-6-12(14)15-7-9/h5-7,10-11,17H,2-4,8H2,1H3. The minimum atomic E-state index is -0.274. The maximum absolute atomic E-state index is 12.1. The highest BCUT2D eigenvalue weighted by Gasteiger charge is 2.27. The second kappa shape index (κ2) is 5.67. The molecule has 1 aliphatic rings. The minimum absolute atomic E-state index is 0.0849. The summed E-state index contributed by atoms with van der Waals surface area (Å²) in [5.74, 6) is 0.109. The highest BCUT2D eigenvalue weighted by atomic mass is 35.5. The SMILES string of the molecule is CN(CC1CCCC1O)C(=O)c1ccc(Cl)nc1. The smallest absolute Gasteiger partial charge is 0.255 e. The van der Waals surface area contributed by atoms with Crippen molar-refractivity contribution in [1.29, 1.82) is 0 Å². The lowest BCUT2D eigenvalue weighted by atomic mass is 10.1. The molecule has 0 radical (unpaired) electrons. The summed E-state index contributed by atoms with van der Waals surface area (Å²) in [6, 6.07) is 3.27. The number of halogens is 1.